The van der Waals surface area contributed by atoms with Crippen molar-refractivity contribution in [2.24, 2.45) is 0 Å². The third kappa shape index (κ3) is 8.36. The molecule has 0 bridgehead atoms. The zero-order valence-electron chi connectivity index (χ0n) is 42.6. The number of para-hydroxylation sites is 4. The Morgan fingerprint density at radius 1 is 0.446 bits per heavy atom. The number of nitrogens with zero attached hydrogens (tertiary/aromatic N) is 4. The van der Waals surface area contributed by atoms with E-state index in [2.05, 4.69) is 299 Å². The molecule has 4 nitrogen and oxygen atoms in total. The first-order valence-electron chi connectivity index (χ1n) is 25.4. The van der Waals surface area contributed by atoms with Gasteiger partial charge >= 0.3 is 0 Å². The fraction of sp³-hybridized carbons (Fsp3) is 0.130. The predicted octanol–water partition coefficient (Wildman–Crippen LogP) is 17.5. The van der Waals surface area contributed by atoms with Crippen LogP contribution in [-0.2, 0) is 37.3 Å². The van der Waals surface area contributed by atoms with E-state index in [0.29, 0.717) is 0 Å². The molecule has 0 fully saturated rings. The number of rotatable bonds is 10. The minimum absolute atomic E-state index is 0. The molecule has 0 saturated heterocycles. The average Bonchev–Trinajstić information content (AvgIpc) is 3.99. The van der Waals surface area contributed by atoms with Crippen molar-refractivity contribution >= 4 is 44.6 Å². The van der Waals surface area contributed by atoms with Crippen LogP contribution in [0.15, 0.2) is 231 Å². The van der Waals surface area contributed by atoms with Crippen LogP contribution in [0.2, 0.25) is 0 Å². The molecular formula is C69H57N4Pt-3. The summed E-state index contributed by atoms with van der Waals surface area (Å²) in [6, 6.07) is 89.0. The van der Waals surface area contributed by atoms with Crippen LogP contribution >= 0.6 is 0 Å². The SMILES string of the molecule is CC(C)(C)c1cc(N2[CH-]N(c3c(-c4ccccc4)cccc3-c3ccccc3)c3ccccc32)[c-]c(C(C)(C)c2[c-]c3c(cc2)c2ccccc2n3-c2cc(C(C)(c3ccccc3)c3ccccc3)ccn2)c1.[Pt]. The molecule has 3 heterocycles. The number of pyridine rings is 1. The van der Waals surface area contributed by atoms with Crippen LogP contribution in [0.3, 0.4) is 0 Å². The van der Waals surface area contributed by atoms with E-state index in [0.717, 1.165) is 72.8 Å². The fourth-order valence-corrected chi connectivity index (χ4v) is 11.0. The molecule has 0 N–H and O–H groups in total. The van der Waals surface area contributed by atoms with Gasteiger partial charge in [-0.15, -0.1) is 23.8 Å². The van der Waals surface area contributed by atoms with Crippen molar-refractivity contribution in [3.05, 3.63) is 283 Å². The van der Waals surface area contributed by atoms with E-state index < -0.39 is 10.8 Å². The molecule has 0 atom stereocenters. The first kappa shape index (κ1) is 48.5. The Morgan fingerprint density at radius 3 is 1.61 bits per heavy atom. The molecule has 0 amide bonds. The molecule has 11 aromatic rings. The van der Waals surface area contributed by atoms with Crippen LogP contribution in [0, 0.1) is 18.8 Å². The largest absolute Gasteiger partial charge is 0.493 e. The topological polar surface area (TPSA) is 24.3 Å². The third-order valence-electron chi connectivity index (χ3n) is 15.2. The van der Waals surface area contributed by atoms with Gasteiger partial charge in [0.25, 0.3) is 0 Å². The van der Waals surface area contributed by atoms with E-state index in [-0.39, 0.29) is 26.5 Å². The molecule has 5 heteroatoms. The Labute approximate surface area is 450 Å². The summed E-state index contributed by atoms with van der Waals surface area (Å²) in [6.45, 7) is 16.1. The molecule has 0 saturated carbocycles. The molecule has 9 aromatic carbocycles. The Kier molecular flexibility index (Phi) is 12.6. The number of fused-ring (bicyclic) bond motifs is 4. The van der Waals surface area contributed by atoms with Crippen LogP contribution in [-0.4, -0.2) is 9.55 Å². The fourth-order valence-electron chi connectivity index (χ4n) is 11.0. The molecule has 0 spiro atoms. The average molecular weight is 1140 g/mol. The number of hydrogen-bond donors (Lipinski definition) is 0. The van der Waals surface area contributed by atoms with Crippen LogP contribution in [0.5, 0.6) is 0 Å². The summed E-state index contributed by atoms with van der Waals surface area (Å²) < 4.78 is 2.31. The van der Waals surface area contributed by atoms with Crippen LogP contribution < -0.4 is 9.80 Å². The van der Waals surface area contributed by atoms with Gasteiger partial charge in [-0.1, -0.05) is 210 Å². The van der Waals surface area contributed by atoms with Gasteiger partial charge in [-0.3, -0.25) is 0 Å². The molecule has 1 aliphatic rings. The Balaban J connectivity index is 0.00000588. The quantitative estimate of drug-likeness (QED) is 0.128. The number of benzene rings is 9. The predicted molar refractivity (Wildman–Crippen MR) is 304 cm³/mol. The Bertz CT molecular complexity index is 3700. The normalized spacial score (nSPS) is 12.8. The van der Waals surface area contributed by atoms with Crippen LogP contribution in [0.1, 0.15) is 74.9 Å². The second-order valence-corrected chi connectivity index (χ2v) is 21.1. The molecule has 0 radical (unpaired) electrons. The van der Waals surface area contributed by atoms with Gasteiger partial charge in [0.05, 0.1) is 0 Å². The smallest absolute Gasteiger partial charge is 0.135 e. The van der Waals surface area contributed by atoms with Crippen molar-refractivity contribution in [3.63, 3.8) is 0 Å². The second-order valence-electron chi connectivity index (χ2n) is 21.1. The van der Waals surface area contributed by atoms with Crippen molar-refractivity contribution in [1.29, 1.82) is 0 Å². The van der Waals surface area contributed by atoms with Gasteiger partial charge in [-0.25, -0.2) is 4.98 Å². The Hall–Kier alpha value is -7.78. The maximum atomic E-state index is 5.14. The minimum atomic E-state index is -0.515. The van der Waals surface area contributed by atoms with E-state index in [1.807, 2.05) is 6.20 Å². The van der Waals surface area contributed by atoms with E-state index in [1.165, 1.54) is 33.2 Å². The van der Waals surface area contributed by atoms with Gasteiger partial charge in [0, 0.05) is 66.4 Å². The molecule has 1 aliphatic heterocycles. The van der Waals surface area contributed by atoms with Gasteiger partial charge in [0.1, 0.15) is 5.82 Å². The first-order chi connectivity index (χ1) is 35.5. The summed E-state index contributed by atoms with van der Waals surface area (Å²) in [7, 11) is 0. The second kappa shape index (κ2) is 19.2. The summed E-state index contributed by atoms with van der Waals surface area (Å²) in [5, 5.41) is 2.30. The number of aromatic nitrogens is 2. The van der Waals surface area contributed by atoms with Crippen LogP contribution in [0.25, 0.3) is 49.9 Å². The van der Waals surface area contributed by atoms with Gasteiger partial charge < -0.3 is 14.4 Å². The van der Waals surface area contributed by atoms with E-state index in [4.69, 9.17) is 4.98 Å². The first-order valence-corrected chi connectivity index (χ1v) is 25.4. The maximum Gasteiger partial charge on any atom is 0.135 e. The van der Waals surface area contributed by atoms with Crippen molar-refractivity contribution in [1.82, 2.24) is 9.55 Å². The molecule has 12 rings (SSSR count). The molecule has 74 heavy (non-hydrogen) atoms. The zero-order valence-corrected chi connectivity index (χ0v) is 44.9. The van der Waals surface area contributed by atoms with E-state index in [1.54, 1.807) is 0 Å². The van der Waals surface area contributed by atoms with Crippen molar-refractivity contribution in [3.8, 4) is 28.1 Å². The zero-order chi connectivity index (χ0) is 49.9. The summed E-state index contributed by atoms with van der Waals surface area (Å²) in [6.07, 6.45) is 1.97. The summed E-state index contributed by atoms with van der Waals surface area (Å²) in [4.78, 5) is 9.86. The molecule has 0 aliphatic carbocycles. The van der Waals surface area contributed by atoms with Crippen molar-refractivity contribution < 1.29 is 21.1 Å². The molecule has 0 unspecified atom stereocenters. The van der Waals surface area contributed by atoms with Crippen molar-refractivity contribution in [2.75, 3.05) is 9.80 Å². The van der Waals surface area contributed by atoms with Gasteiger partial charge in [-0.2, -0.15) is 47.0 Å². The number of hydrogen-bond acceptors (Lipinski definition) is 3. The summed E-state index contributed by atoms with van der Waals surface area (Å²) >= 11 is 0. The van der Waals surface area contributed by atoms with Gasteiger partial charge in [-0.05, 0) is 81.3 Å². The minimum Gasteiger partial charge on any atom is -0.493 e. The van der Waals surface area contributed by atoms with Crippen LogP contribution in [0.4, 0.5) is 22.7 Å². The van der Waals surface area contributed by atoms with E-state index in [9.17, 15) is 0 Å². The maximum absolute atomic E-state index is 5.14. The molecular weight excluding hydrogens is 1080 g/mol. The van der Waals surface area contributed by atoms with E-state index >= 15 is 0 Å². The molecule has 2 aromatic heterocycles. The summed E-state index contributed by atoms with van der Waals surface area (Å²) in [5.41, 5.74) is 17.0. The standard InChI is InChI=1S/C69H57N4.Pt/c1-67(2,3)54-42-55(44-56(43-54)71-47-72(63-37-22-21-36-62(63)71)66-57(48-24-11-7-12-25-48)33-23-34-58(66)49-26-13-8-14-27-49)68(4,5)52-38-39-60-59-32-19-20-35-61(59)73(64(60)45-52)65-46-53(40-41-70-65)69(6,50-28-15-9-16-29-50)51-30-17-10-18-31-51;/h7-43,46-47H,1-6H3;/q-3;. The number of anilines is 4. The monoisotopic (exact) mass is 1140 g/mol. The van der Waals surface area contributed by atoms with Gasteiger partial charge in [0.2, 0.25) is 0 Å². The molecule has 366 valence electrons. The Morgan fingerprint density at radius 2 is 1.00 bits per heavy atom. The summed E-state index contributed by atoms with van der Waals surface area (Å²) in [5.74, 6) is 0.855. The van der Waals surface area contributed by atoms with Gasteiger partial charge in [0.15, 0.2) is 0 Å². The van der Waals surface area contributed by atoms with Crippen molar-refractivity contribution in [2.45, 2.75) is 57.8 Å². The third-order valence-corrected chi connectivity index (χ3v) is 15.2.